The zero-order valence-electron chi connectivity index (χ0n) is 47.0. The van der Waals surface area contributed by atoms with E-state index in [2.05, 4.69) is 43.5 Å². The van der Waals surface area contributed by atoms with Gasteiger partial charge in [-0.1, -0.05) is 275 Å². The Kier molecular flexibility index (Phi) is 58.0. The van der Waals surface area contributed by atoms with Gasteiger partial charge in [-0.15, -0.1) is 0 Å². The number of carbonyl (C=O) groups excluding carboxylic acids is 2. The molecule has 412 valence electrons. The number of rotatable bonds is 58. The summed E-state index contributed by atoms with van der Waals surface area (Å²) in [7, 11) is 0. The molecule has 0 radical (unpaired) electrons. The fourth-order valence-corrected chi connectivity index (χ4v) is 9.57. The molecule has 0 aromatic carbocycles. The molecule has 0 saturated carbocycles. The van der Waals surface area contributed by atoms with E-state index in [0.29, 0.717) is 19.4 Å². The molecule has 0 aliphatic carbocycles. The van der Waals surface area contributed by atoms with Gasteiger partial charge in [0.05, 0.1) is 25.4 Å². The summed E-state index contributed by atoms with van der Waals surface area (Å²) in [6.07, 6.45) is 74.6. The lowest BCUT2D eigenvalue weighted by Gasteiger charge is -2.20. The molecule has 0 aliphatic rings. The minimum atomic E-state index is -0.856. The van der Waals surface area contributed by atoms with Crippen LogP contribution >= 0.6 is 0 Å². The van der Waals surface area contributed by atoms with Crippen LogP contribution in [0.4, 0.5) is 0 Å². The molecule has 0 rings (SSSR count). The van der Waals surface area contributed by atoms with Crippen molar-refractivity contribution in [1.29, 1.82) is 0 Å². The van der Waals surface area contributed by atoms with E-state index in [-0.39, 0.29) is 18.5 Å². The molecule has 2 unspecified atom stereocenters. The van der Waals surface area contributed by atoms with Crippen LogP contribution in [0, 0.1) is 0 Å². The van der Waals surface area contributed by atoms with Crippen molar-refractivity contribution in [2.24, 2.45) is 0 Å². The first-order valence-electron chi connectivity index (χ1n) is 31.3. The molecule has 0 heterocycles. The molecule has 0 aromatic rings. The van der Waals surface area contributed by atoms with Gasteiger partial charge in [0.2, 0.25) is 5.91 Å². The van der Waals surface area contributed by atoms with Crippen LogP contribution in [0.1, 0.15) is 335 Å². The van der Waals surface area contributed by atoms with Gasteiger partial charge in [-0.2, -0.15) is 0 Å². The smallest absolute Gasteiger partial charge is 0.305 e. The second-order valence-corrected chi connectivity index (χ2v) is 21.4. The van der Waals surface area contributed by atoms with Gasteiger partial charge < -0.3 is 20.3 Å². The van der Waals surface area contributed by atoms with E-state index in [1.807, 2.05) is 6.08 Å². The third-order valence-corrected chi connectivity index (χ3v) is 14.4. The summed E-state index contributed by atoms with van der Waals surface area (Å²) in [5.41, 5.74) is 0. The van der Waals surface area contributed by atoms with Crippen molar-refractivity contribution in [1.82, 2.24) is 5.32 Å². The predicted molar refractivity (Wildman–Crippen MR) is 306 cm³/mol. The standard InChI is InChI=1S/C64H121NO5/c1-3-5-7-9-11-13-15-17-19-21-23-24-28-32-36-40-44-48-52-56-62(67)61(60-66)65-63(68)57-53-49-45-41-37-33-29-26-27-31-35-39-43-47-51-55-59-70-64(69)58-54-50-46-42-38-34-30-25-22-20-18-16-14-12-10-8-6-4-2/h20,22,26,29,52,56,61-62,66-67H,3-19,21,23-25,27-28,30-51,53-55,57-60H2,1-2H3,(H,65,68)/b22-20-,29-26-,56-52+. The third-order valence-electron chi connectivity index (χ3n) is 14.4. The van der Waals surface area contributed by atoms with Gasteiger partial charge in [-0.05, 0) is 83.5 Å². The highest BCUT2D eigenvalue weighted by molar-refractivity contribution is 5.76. The number of allylic oxidation sites excluding steroid dienone is 5. The molecule has 0 bridgehead atoms. The first-order valence-corrected chi connectivity index (χ1v) is 31.3. The van der Waals surface area contributed by atoms with E-state index in [9.17, 15) is 19.8 Å². The van der Waals surface area contributed by atoms with Crippen LogP contribution in [-0.2, 0) is 14.3 Å². The monoisotopic (exact) mass is 984 g/mol. The van der Waals surface area contributed by atoms with Crippen molar-refractivity contribution in [3.8, 4) is 0 Å². The first kappa shape index (κ1) is 68.1. The molecular weight excluding hydrogens is 863 g/mol. The van der Waals surface area contributed by atoms with Crippen LogP contribution in [0.15, 0.2) is 36.5 Å². The minimum Gasteiger partial charge on any atom is -0.466 e. The van der Waals surface area contributed by atoms with Gasteiger partial charge in [-0.25, -0.2) is 0 Å². The highest BCUT2D eigenvalue weighted by Gasteiger charge is 2.18. The summed E-state index contributed by atoms with van der Waals surface area (Å²) in [6, 6.07) is -0.641. The maximum atomic E-state index is 12.5. The molecule has 0 spiro atoms. The van der Waals surface area contributed by atoms with Crippen LogP contribution in [0.2, 0.25) is 0 Å². The molecule has 2 atom stereocenters. The van der Waals surface area contributed by atoms with Crippen molar-refractivity contribution in [3.63, 3.8) is 0 Å². The fourth-order valence-electron chi connectivity index (χ4n) is 9.57. The molecule has 0 aromatic heterocycles. The van der Waals surface area contributed by atoms with Gasteiger partial charge in [0, 0.05) is 12.8 Å². The summed E-state index contributed by atoms with van der Waals surface area (Å²) in [6.45, 7) is 4.90. The number of amides is 1. The molecule has 6 heteroatoms. The van der Waals surface area contributed by atoms with Crippen LogP contribution in [-0.4, -0.2) is 47.4 Å². The molecule has 6 nitrogen and oxygen atoms in total. The van der Waals surface area contributed by atoms with Crippen molar-refractivity contribution >= 4 is 11.9 Å². The molecule has 1 amide bonds. The van der Waals surface area contributed by atoms with Crippen molar-refractivity contribution < 1.29 is 24.5 Å². The topological polar surface area (TPSA) is 95.9 Å². The highest BCUT2D eigenvalue weighted by Crippen LogP contribution is 2.17. The van der Waals surface area contributed by atoms with Gasteiger partial charge in [0.25, 0.3) is 0 Å². The van der Waals surface area contributed by atoms with E-state index in [4.69, 9.17) is 4.74 Å². The second kappa shape index (κ2) is 59.6. The third kappa shape index (κ3) is 55.4. The summed E-state index contributed by atoms with van der Waals surface area (Å²) in [4.78, 5) is 24.6. The number of hydrogen-bond acceptors (Lipinski definition) is 5. The summed E-state index contributed by atoms with van der Waals surface area (Å²) < 4.78 is 5.48. The Morgan fingerprint density at radius 1 is 0.386 bits per heavy atom. The lowest BCUT2D eigenvalue weighted by Crippen LogP contribution is -2.45. The molecule has 0 saturated heterocycles. The van der Waals surface area contributed by atoms with Crippen molar-refractivity contribution in [2.75, 3.05) is 13.2 Å². The zero-order valence-corrected chi connectivity index (χ0v) is 47.0. The Morgan fingerprint density at radius 2 is 0.671 bits per heavy atom. The van der Waals surface area contributed by atoms with Crippen molar-refractivity contribution in [3.05, 3.63) is 36.5 Å². The maximum absolute atomic E-state index is 12.5. The summed E-state index contributed by atoms with van der Waals surface area (Å²) in [5.74, 6) is -0.0896. The summed E-state index contributed by atoms with van der Waals surface area (Å²) in [5, 5.41) is 23.2. The van der Waals surface area contributed by atoms with Crippen LogP contribution in [0.3, 0.4) is 0 Å². The zero-order chi connectivity index (χ0) is 50.7. The molecular formula is C64H121NO5. The molecule has 0 fully saturated rings. The Labute approximate surface area is 436 Å². The minimum absolute atomic E-state index is 0.00649. The number of carbonyl (C=O) groups is 2. The van der Waals surface area contributed by atoms with Gasteiger partial charge in [0.1, 0.15) is 0 Å². The Morgan fingerprint density at radius 3 is 1.01 bits per heavy atom. The number of nitrogens with one attached hydrogen (secondary N) is 1. The SMILES string of the molecule is CCCCCCCCC/C=C\CCCCCCCCCC(=O)OCCCCCCCCC/C=C\CCCCCCCC(=O)NC(CO)C(O)/C=C/CCCCCCCCCCCCCCCCCCC. The van der Waals surface area contributed by atoms with Gasteiger partial charge in [-0.3, -0.25) is 9.59 Å². The first-order chi connectivity index (χ1) is 34.5. The number of esters is 1. The lowest BCUT2D eigenvalue weighted by molar-refractivity contribution is -0.143. The fraction of sp³-hybridized carbons (Fsp3) is 0.875. The van der Waals surface area contributed by atoms with Crippen LogP contribution in [0.5, 0.6) is 0 Å². The number of ether oxygens (including phenoxy) is 1. The second-order valence-electron chi connectivity index (χ2n) is 21.4. The van der Waals surface area contributed by atoms with E-state index in [0.717, 1.165) is 64.2 Å². The number of unbranched alkanes of at least 4 members (excludes halogenated alkanes) is 43. The van der Waals surface area contributed by atoms with E-state index < -0.39 is 12.1 Å². The Bertz CT molecular complexity index is 1130. The lowest BCUT2D eigenvalue weighted by atomic mass is 10.0. The molecule has 0 aliphatic heterocycles. The van der Waals surface area contributed by atoms with Gasteiger partial charge >= 0.3 is 5.97 Å². The van der Waals surface area contributed by atoms with E-state index in [1.165, 1.54) is 244 Å². The Balaban J connectivity index is 3.48. The number of hydrogen-bond donors (Lipinski definition) is 3. The largest absolute Gasteiger partial charge is 0.466 e. The van der Waals surface area contributed by atoms with Crippen LogP contribution < -0.4 is 5.32 Å². The van der Waals surface area contributed by atoms with E-state index >= 15 is 0 Å². The average molecular weight is 985 g/mol. The number of aliphatic hydroxyl groups excluding tert-OH is 2. The van der Waals surface area contributed by atoms with E-state index in [1.54, 1.807) is 6.08 Å². The number of aliphatic hydroxyl groups is 2. The normalized spacial score (nSPS) is 12.8. The Hall–Kier alpha value is -1.92. The average Bonchev–Trinajstić information content (AvgIpc) is 3.36. The van der Waals surface area contributed by atoms with Crippen LogP contribution in [0.25, 0.3) is 0 Å². The predicted octanol–water partition coefficient (Wildman–Crippen LogP) is 19.6. The highest BCUT2D eigenvalue weighted by atomic mass is 16.5. The van der Waals surface area contributed by atoms with Crippen molar-refractivity contribution in [2.45, 2.75) is 347 Å². The quantitative estimate of drug-likeness (QED) is 0.0321. The summed E-state index contributed by atoms with van der Waals surface area (Å²) >= 11 is 0. The van der Waals surface area contributed by atoms with Gasteiger partial charge in [0.15, 0.2) is 0 Å². The molecule has 70 heavy (non-hydrogen) atoms. The maximum Gasteiger partial charge on any atom is 0.305 e. The molecule has 3 N–H and O–H groups in total.